The third-order valence-electron chi connectivity index (χ3n) is 2.82. The first-order valence-electron chi connectivity index (χ1n) is 4.67. The molecule has 0 aliphatic heterocycles. The van der Waals surface area contributed by atoms with Crippen LogP contribution in [0.3, 0.4) is 0 Å². The van der Waals surface area contributed by atoms with Gasteiger partial charge in [-0.05, 0) is 40.8 Å². The number of hydrogen-bond donors (Lipinski definition) is 1. The molecule has 1 N–H and O–H groups in total. The van der Waals surface area contributed by atoms with Crippen molar-refractivity contribution in [1.29, 1.82) is 0 Å². The Kier molecular flexibility index (Phi) is 2.42. The van der Waals surface area contributed by atoms with E-state index in [1.165, 1.54) is 0 Å². The van der Waals surface area contributed by atoms with E-state index in [0.717, 1.165) is 30.5 Å². The predicted octanol–water partition coefficient (Wildman–Crippen LogP) is 1.33. The van der Waals surface area contributed by atoms with E-state index in [1.807, 2.05) is 0 Å². The van der Waals surface area contributed by atoms with Crippen molar-refractivity contribution in [2.24, 2.45) is 7.05 Å². The number of rotatable bonds is 1. The van der Waals surface area contributed by atoms with Gasteiger partial charge in [-0.25, -0.2) is 4.79 Å². The number of nitrogens with zero attached hydrogens (tertiary/aromatic N) is 1. The minimum Gasteiger partial charge on any atom is -0.478 e. The summed E-state index contributed by atoms with van der Waals surface area (Å²) in [6, 6.07) is 0. The zero-order valence-corrected chi connectivity index (χ0v) is 9.80. The monoisotopic (exact) mass is 271 g/mol. The first kappa shape index (κ1) is 10.4. The third-order valence-corrected chi connectivity index (χ3v) is 3.56. The lowest BCUT2D eigenvalue weighted by atomic mass is 10.1. The summed E-state index contributed by atoms with van der Waals surface area (Å²) in [5, 5.41) is 9.07. The Morgan fingerprint density at radius 3 is 2.73 bits per heavy atom. The van der Waals surface area contributed by atoms with Crippen molar-refractivity contribution in [3.63, 3.8) is 0 Å². The minimum absolute atomic E-state index is 0.144. The Bertz CT molecular complexity index is 504. The van der Waals surface area contributed by atoms with Crippen molar-refractivity contribution < 1.29 is 9.90 Å². The van der Waals surface area contributed by atoms with Gasteiger partial charge in [0.1, 0.15) is 0 Å². The van der Waals surface area contributed by atoms with Crippen LogP contribution in [-0.2, 0) is 19.9 Å². The number of hydrogen-bond acceptors (Lipinski definition) is 2. The Hall–Kier alpha value is -1.10. The minimum atomic E-state index is -1.03. The van der Waals surface area contributed by atoms with Gasteiger partial charge in [0, 0.05) is 12.7 Å². The highest BCUT2D eigenvalue weighted by molar-refractivity contribution is 9.10. The lowest BCUT2D eigenvalue weighted by molar-refractivity contribution is 0.0694. The lowest BCUT2D eigenvalue weighted by Crippen LogP contribution is -2.25. The number of carbonyl (C=O) groups is 1. The van der Waals surface area contributed by atoms with Gasteiger partial charge in [0.2, 0.25) is 0 Å². The summed E-state index contributed by atoms with van der Waals surface area (Å²) in [5.41, 5.74) is 1.54. The summed E-state index contributed by atoms with van der Waals surface area (Å²) >= 11 is 3.07. The van der Waals surface area contributed by atoms with Crippen molar-refractivity contribution in [3.05, 3.63) is 31.6 Å². The molecule has 1 aromatic rings. The zero-order valence-electron chi connectivity index (χ0n) is 8.21. The Morgan fingerprint density at radius 1 is 1.47 bits per heavy atom. The third kappa shape index (κ3) is 1.42. The van der Waals surface area contributed by atoms with Crippen molar-refractivity contribution in [3.8, 4) is 0 Å². The molecule has 4 nitrogen and oxygen atoms in total. The van der Waals surface area contributed by atoms with Crippen molar-refractivity contribution in [2.75, 3.05) is 0 Å². The second-order valence-corrected chi connectivity index (χ2v) is 4.43. The highest BCUT2D eigenvalue weighted by Crippen LogP contribution is 2.27. The predicted molar refractivity (Wildman–Crippen MR) is 58.4 cm³/mol. The Balaban J connectivity index is 2.87. The molecule has 1 aliphatic rings. The molecule has 0 aromatic carbocycles. The molecule has 0 radical (unpaired) electrons. The molecule has 5 heteroatoms. The van der Waals surface area contributed by atoms with Gasteiger partial charge >= 0.3 is 5.97 Å². The van der Waals surface area contributed by atoms with Gasteiger partial charge in [-0.3, -0.25) is 4.79 Å². The number of pyridine rings is 1. The lowest BCUT2D eigenvalue weighted by Gasteiger charge is -2.11. The molecule has 80 valence electrons. The fourth-order valence-electron chi connectivity index (χ4n) is 2.10. The van der Waals surface area contributed by atoms with Gasteiger partial charge in [0.15, 0.2) is 0 Å². The van der Waals surface area contributed by atoms with Crippen LogP contribution in [0.1, 0.15) is 28.0 Å². The topological polar surface area (TPSA) is 59.3 Å². The molecule has 1 aliphatic carbocycles. The molecular weight excluding hydrogens is 262 g/mol. The fraction of sp³-hybridized carbons (Fsp3) is 0.400. The summed E-state index contributed by atoms with van der Waals surface area (Å²) < 4.78 is 1.71. The van der Waals surface area contributed by atoms with E-state index < -0.39 is 5.97 Å². The van der Waals surface area contributed by atoms with Crippen LogP contribution in [0.2, 0.25) is 0 Å². The Labute approximate surface area is 94.7 Å². The summed E-state index contributed by atoms with van der Waals surface area (Å²) in [5.74, 6) is -1.03. The highest BCUT2D eigenvalue weighted by atomic mass is 79.9. The van der Waals surface area contributed by atoms with Crippen molar-refractivity contribution >= 4 is 21.9 Å². The molecule has 0 fully saturated rings. The van der Waals surface area contributed by atoms with Gasteiger partial charge in [-0.1, -0.05) is 0 Å². The number of carboxylic acid groups (broad SMARTS) is 1. The maximum absolute atomic E-state index is 11.7. The van der Waals surface area contributed by atoms with E-state index in [9.17, 15) is 9.59 Å². The largest absolute Gasteiger partial charge is 0.478 e. The van der Waals surface area contributed by atoms with E-state index >= 15 is 0 Å². The molecule has 0 atom stereocenters. The number of aromatic nitrogens is 1. The van der Waals surface area contributed by atoms with Crippen LogP contribution < -0.4 is 5.56 Å². The molecule has 0 saturated heterocycles. The van der Waals surface area contributed by atoms with Crippen LogP contribution in [-0.4, -0.2) is 15.6 Å². The van der Waals surface area contributed by atoms with E-state index in [0.29, 0.717) is 0 Å². The average molecular weight is 272 g/mol. The molecule has 0 spiro atoms. The summed E-state index contributed by atoms with van der Waals surface area (Å²) in [6.07, 6.45) is 2.44. The van der Waals surface area contributed by atoms with Crippen LogP contribution in [0.15, 0.2) is 9.27 Å². The van der Waals surface area contributed by atoms with Crippen LogP contribution >= 0.6 is 15.9 Å². The molecule has 0 saturated carbocycles. The molecule has 0 unspecified atom stereocenters. The van der Waals surface area contributed by atoms with Gasteiger partial charge in [0.25, 0.3) is 5.56 Å². The normalized spacial score (nSPS) is 14.0. The second kappa shape index (κ2) is 3.48. The first-order chi connectivity index (χ1) is 7.04. The standard InChI is InChI=1S/C10H10BrNO3/c1-12-6-4-2-3-5(6)7(10(14)15)8(11)9(12)13/h2-4H2,1H3,(H,14,15). The van der Waals surface area contributed by atoms with Gasteiger partial charge in [-0.15, -0.1) is 0 Å². The van der Waals surface area contributed by atoms with Crippen molar-refractivity contribution in [1.82, 2.24) is 4.57 Å². The smallest absolute Gasteiger partial charge is 0.337 e. The molecule has 0 amide bonds. The molecule has 2 rings (SSSR count). The van der Waals surface area contributed by atoms with Gasteiger partial charge in [0.05, 0.1) is 10.0 Å². The Morgan fingerprint density at radius 2 is 2.13 bits per heavy atom. The van der Waals surface area contributed by atoms with Crippen LogP contribution in [0.25, 0.3) is 0 Å². The summed E-state index contributed by atoms with van der Waals surface area (Å²) in [4.78, 5) is 22.8. The SMILES string of the molecule is Cn1c2c(c(C(=O)O)c(Br)c1=O)CCC2. The van der Waals surface area contributed by atoms with Crippen LogP contribution in [0.5, 0.6) is 0 Å². The van der Waals surface area contributed by atoms with E-state index in [4.69, 9.17) is 5.11 Å². The number of carboxylic acids is 1. The maximum atomic E-state index is 11.7. The van der Waals surface area contributed by atoms with Gasteiger partial charge in [-0.2, -0.15) is 0 Å². The van der Waals surface area contributed by atoms with Crippen LogP contribution in [0, 0.1) is 0 Å². The molecule has 1 heterocycles. The zero-order chi connectivity index (χ0) is 11.2. The van der Waals surface area contributed by atoms with E-state index in [-0.39, 0.29) is 15.6 Å². The summed E-state index contributed by atoms with van der Waals surface area (Å²) in [7, 11) is 1.68. The van der Waals surface area contributed by atoms with E-state index in [2.05, 4.69) is 15.9 Å². The quantitative estimate of drug-likeness (QED) is 0.839. The second-order valence-electron chi connectivity index (χ2n) is 3.64. The molecular formula is C10H10BrNO3. The maximum Gasteiger partial charge on any atom is 0.337 e. The average Bonchev–Trinajstić information content (AvgIpc) is 2.62. The van der Waals surface area contributed by atoms with E-state index in [1.54, 1.807) is 11.6 Å². The van der Waals surface area contributed by atoms with Gasteiger partial charge < -0.3 is 9.67 Å². The number of halogens is 1. The molecule has 15 heavy (non-hydrogen) atoms. The fourth-order valence-corrected chi connectivity index (χ4v) is 2.77. The van der Waals surface area contributed by atoms with Crippen molar-refractivity contribution in [2.45, 2.75) is 19.3 Å². The molecule has 0 bridgehead atoms. The highest BCUT2D eigenvalue weighted by Gasteiger charge is 2.25. The molecule has 1 aromatic heterocycles. The number of fused-ring (bicyclic) bond motifs is 1. The van der Waals surface area contributed by atoms with Crippen LogP contribution in [0.4, 0.5) is 0 Å². The first-order valence-corrected chi connectivity index (χ1v) is 5.47. The number of aromatic carboxylic acids is 1. The summed E-state index contributed by atoms with van der Waals surface area (Å²) in [6.45, 7) is 0.